The number of aliphatic hydroxyl groups is 2. The second-order valence-electron chi connectivity index (χ2n) is 12.1. The summed E-state index contributed by atoms with van der Waals surface area (Å²) >= 11 is 0. The Hall–Kier alpha value is -3.48. The predicted octanol–water partition coefficient (Wildman–Crippen LogP) is 4.61. The molecule has 242 valence electrons. The van der Waals surface area contributed by atoms with E-state index in [9.17, 15) is 27.8 Å². The first-order valence-corrected chi connectivity index (χ1v) is 16.6. The molecule has 1 aliphatic carbocycles. The number of rotatable bonds is 13. The Morgan fingerprint density at radius 2 is 1.82 bits per heavy atom. The molecule has 9 nitrogen and oxygen atoms in total. The van der Waals surface area contributed by atoms with E-state index in [0.29, 0.717) is 30.8 Å². The molecule has 0 unspecified atom stereocenters. The molecule has 0 bridgehead atoms. The molecule has 1 aliphatic rings. The molecule has 2 atom stereocenters. The highest BCUT2D eigenvalue weighted by Crippen LogP contribution is 2.42. The number of fused-ring (bicyclic) bond motifs is 3. The van der Waals surface area contributed by atoms with E-state index in [-0.39, 0.29) is 29.6 Å². The van der Waals surface area contributed by atoms with Crippen LogP contribution in [0.25, 0.3) is 28.5 Å². The first-order valence-electron chi connectivity index (χ1n) is 15.1. The molecule has 45 heavy (non-hydrogen) atoms. The maximum atomic E-state index is 14.1. The molecule has 11 heteroatoms. The molecule has 2 aromatic carbocycles. The van der Waals surface area contributed by atoms with Gasteiger partial charge in [-0.1, -0.05) is 44.2 Å². The Bertz CT molecular complexity index is 1660. The Morgan fingerprint density at radius 3 is 2.47 bits per heavy atom. The van der Waals surface area contributed by atoms with E-state index in [4.69, 9.17) is 10.1 Å². The molecule has 0 fully saturated rings. The van der Waals surface area contributed by atoms with Crippen molar-refractivity contribution in [2.45, 2.75) is 69.0 Å². The normalized spacial score (nSPS) is 14.8. The van der Waals surface area contributed by atoms with Gasteiger partial charge in [0.05, 0.1) is 34.9 Å². The zero-order valence-corrected chi connectivity index (χ0v) is 26.9. The fourth-order valence-electron chi connectivity index (χ4n) is 5.63. The minimum absolute atomic E-state index is 0.0878. The molecule has 1 aromatic heterocycles. The van der Waals surface area contributed by atoms with E-state index < -0.39 is 34.6 Å². The average Bonchev–Trinajstić information content (AvgIpc) is 3.13. The van der Waals surface area contributed by atoms with Crippen LogP contribution < -0.4 is 4.72 Å². The molecule has 0 radical (unpaired) electrons. The van der Waals surface area contributed by atoms with Crippen LogP contribution in [0.3, 0.4) is 0 Å². The quantitative estimate of drug-likeness (QED) is 0.213. The van der Waals surface area contributed by atoms with Crippen molar-refractivity contribution >= 4 is 22.1 Å². The van der Waals surface area contributed by atoms with Gasteiger partial charge in [0.1, 0.15) is 5.82 Å². The fraction of sp³-hybridized carbons (Fsp3) is 0.412. The highest BCUT2D eigenvalue weighted by Gasteiger charge is 2.27. The van der Waals surface area contributed by atoms with Gasteiger partial charge < -0.3 is 20.2 Å². The lowest BCUT2D eigenvalue weighted by Gasteiger charge is -2.22. The number of pyridine rings is 1. The number of halogens is 1. The third-order valence-corrected chi connectivity index (χ3v) is 9.28. The lowest BCUT2D eigenvalue weighted by atomic mass is 9.86. The van der Waals surface area contributed by atoms with Crippen molar-refractivity contribution in [3.05, 3.63) is 76.7 Å². The first-order chi connectivity index (χ1) is 21.3. The number of hydrogen-bond donors (Lipinski definition) is 4. The maximum Gasteiger partial charge on any atom is 0.305 e. The number of aliphatic hydroxyl groups excluding tert-OH is 2. The highest BCUT2D eigenvalue weighted by molar-refractivity contribution is 7.89. The van der Waals surface area contributed by atoms with Crippen LogP contribution in [-0.4, -0.2) is 79.0 Å². The summed E-state index contributed by atoms with van der Waals surface area (Å²) in [4.78, 5) is 18.2. The SMILES string of the molecule is CC(C)c1nc2c(c(-c3ccc(F)cc3)c1C=C[C@@H](O)C[C@@H](O)CC(=O)O)CCCc1ccc(S(=O)(=O)NCCN(C)C)cc1-2. The van der Waals surface area contributed by atoms with Crippen molar-refractivity contribution in [1.29, 1.82) is 0 Å². The van der Waals surface area contributed by atoms with Crippen molar-refractivity contribution in [2.24, 2.45) is 0 Å². The Kier molecular flexibility index (Phi) is 11.3. The zero-order valence-electron chi connectivity index (χ0n) is 26.1. The van der Waals surface area contributed by atoms with Crippen LogP contribution in [0.1, 0.15) is 61.4 Å². The molecular weight excluding hydrogens is 597 g/mol. The van der Waals surface area contributed by atoms with Crippen molar-refractivity contribution in [2.75, 3.05) is 27.2 Å². The van der Waals surface area contributed by atoms with Crippen LogP contribution in [0.2, 0.25) is 0 Å². The van der Waals surface area contributed by atoms with Crippen LogP contribution >= 0.6 is 0 Å². The predicted molar refractivity (Wildman–Crippen MR) is 173 cm³/mol. The number of carboxylic acid groups (broad SMARTS) is 1. The van der Waals surface area contributed by atoms with Crippen LogP contribution in [0.4, 0.5) is 4.39 Å². The van der Waals surface area contributed by atoms with E-state index >= 15 is 0 Å². The van der Waals surface area contributed by atoms with Crippen molar-refractivity contribution < 1.29 is 32.9 Å². The number of aliphatic carboxylic acids is 1. The topological polar surface area (TPSA) is 140 Å². The number of sulfonamides is 1. The number of aromatic nitrogens is 1. The largest absolute Gasteiger partial charge is 0.481 e. The van der Waals surface area contributed by atoms with Gasteiger partial charge in [-0.15, -0.1) is 0 Å². The smallest absolute Gasteiger partial charge is 0.305 e. The maximum absolute atomic E-state index is 14.1. The van der Waals surface area contributed by atoms with Gasteiger partial charge in [0, 0.05) is 30.6 Å². The lowest BCUT2D eigenvalue weighted by Crippen LogP contribution is -2.31. The summed E-state index contributed by atoms with van der Waals surface area (Å²) < 4.78 is 43.3. The second-order valence-corrected chi connectivity index (χ2v) is 13.8. The molecule has 0 saturated heterocycles. The Morgan fingerprint density at radius 1 is 1.11 bits per heavy atom. The van der Waals surface area contributed by atoms with Crippen molar-refractivity contribution in [3.8, 4) is 22.4 Å². The molecule has 0 aliphatic heterocycles. The van der Waals surface area contributed by atoms with Gasteiger partial charge in [-0.25, -0.2) is 17.5 Å². The van der Waals surface area contributed by atoms with Gasteiger partial charge in [-0.3, -0.25) is 9.78 Å². The standard InChI is InChI=1S/C34H42FN3O6S/c1-21(2)33-29(15-13-25(39)18-26(40)19-31(41)42)32(23-8-11-24(35)12-9-23)28-7-5-6-22-10-14-27(20-30(22)34(28)37-33)45(43,44)36-16-17-38(3)4/h8-15,20-21,25-26,36,39-40H,5-7,16-19H2,1-4H3,(H,41,42)/t25-,26-/m1/s1. The summed E-state index contributed by atoms with van der Waals surface area (Å²) in [5.74, 6) is -1.63. The summed E-state index contributed by atoms with van der Waals surface area (Å²) in [7, 11) is -0.0390. The molecule has 0 spiro atoms. The van der Waals surface area contributed by atoms with Crippen molar-refractivity contribution in [3.63, 3.8) is 0 Å². The molecule has 3 aromatic rings. The van der Waals surface area contributed by atoms with Gasteiger partial charge in [-0.05, 0) is 85.8 Å². The van der Waals surface area contributed by atoms with Gasteiger partial charge in [0.25, 0.3) is 0 Å². The minimum atomic E-state index is -3.78. The van der Waals surface area contributed by atoms with E-state index in [0.717, 1.165) is 39.8 Å². The number of nitrogens with one attached hydrogen (secondary N) is 1. The fourth-order valence-corrected chi connectivity index (χ4v) is 6.68. The Balaban J connectivity index is 1.90. The summed E-state index contributed by atoms with van der Waals surface area (Å²) in [5, 5.41) is 29.7. The first kappa shape index (κ1) is 34.4. The average molecular weight is 640 g/mol. The van der Waals surface area contributed by atoms with Crippen LogP contribution in [0.5, 0.6) is 0 Å². The number of likely N-dealkylation sites (N-methyl/N-ethyl adjacent to an activating group) is 1. The number of carbonyl (C=O) groups is 1. The van der Waals surface area contributed by atoms with E-state index in [1.54, 1.807) is 30.3 Å². The molecule has 0 amide bonds. The number of benzene rings is 2. The van der Waals surface area contributed by atoms with Crippen molar-refractivity contribution in [1.82, 2.24) is 14.6 Å². The highest BCUT2D eigenvalue weighted by atomic mass is 32.2. The third-order valence-electron chi connectivity index (χ3n) is 7.82. The van der Waals surface area contributed by atoms with Crippen LogP contribution in [0, 0.1) is 5.82 Å². The van der Waals surface area contributed by atoms with Gasteiger partial charge in [0.2, 0.25) is 10.0 Å². The minimum Gasteiger partial charge on any atom is -0.481 e. The monoisotopic (exact) mass is 639 g/mol. The van der Waals surface area contributed by atoms with Gasteiger partial charge in [0.15, 0.2) is 0 Å². The van der Waals surface area contributed by atoms with Gasteiger partial charge >= 0.3 is 5.97 Å². The number of carboxylic acids is 1. The molecule has 0 saturated carbocycles. The lowest BCUT2D eigenvalue weighted by molar-refractivity contribution is -0.139. The number of nitrogens with zero attached hydrogens (tertiary/aromatic N) is 2. The van der Waals surface area contributed by atoms with Gasteiger partial charge in [-0.2, -0.15) is 0 Å². The van der Waals surface area contributed by atoms with E-state index in [2.05, 4.69) is 4.72 Å². The number of hydrogen-bond acceptors (Lipinski definition) is 7. The Labute approximate surface area is 264 Å². The summed E-state index contributed by atoms with van der Waals surface area (Å²) in [5.41, 5.74) is 6.26. The molecule has 4 rings (SSSR count). The third kappa shape index (κ3) is 8.62. The van der Waals surface area contributed by atoms with E-state index in [1.807, 2.05) is 38.9 Å². The second kappa shape index (κ2) is 14.7. The summed E-state index contributed by atoms with van der Waals surface area (Å²) in [6.07, 6.45) is 2.40. The zero-order chi connectivity index (χ0) is 32.9. The summed E-state index contributed by atoms with van der Waals surface area (Å²) in [6, 6.07) is 11.3. The van der Waals surface area contributed by atoms with E-state index in [1.165, 1.54) is 18.2 Å². The summed E-state index contributed by atoms with van der Waals surface area (Å²) in [6.45, 7) is 4.79. The molecular formula is C34H42FN3O6S. The number of aryl methyl sites for hydroxylation is 1. The molecule has 4 N–H and O–H groups in total. The van der Waals surface area contributed by atoms with Crippen LogP contribution in [-0.2, 0) is 27.7 Å². The van der Waals surface area contributed by atoms with Crippen LogP contribution in [0.15, 0.2) is 53.4 Å². The molecule has 1 heterocycles.